The van der Waals surface area contributed by atoms with Gasteiger partial charge in [0.05, 0.1) is 35.2 Å². The molecule has 0 unspecified atom stereocenters. The Morgan fingerprint density at radius 2 is 1.74 bits per heavy atom. The second kappa shape index (κ2) is 11.0. The zero-order valence-corrected chi connectivity index (χ0v) is 21.0. The van der Waals surface area contributed by atoms with Crippen LogP contribution in [0.5, 0.6) is 0 Å². The maximum Gasteiger partial charge on any atom is 0.433 e. The van der Waals surface area contributed by atoms with Crippen LogP contribution in [0, 0.1) is 0 Å². The minimum atomic E-state index is -4.61. The summed E-state index contributed by atoms with van der Waals surface area (Å²) in [5.41, 5.74) is -0.459. The third-order valence-corrected chi connectivity index (χ3v) is 5.75. The molecular weight excluding hydrogens is 522 g/mol. The summed E-state index contributed by atoms with van der Waals surface area (Å²) in [6, 6.07) is 8.75. The van der Waals surface area contributed by atoms with Crippen LogP contribution in [-0.2, 0) is 18.9 Å². The predicted molar refractivity (Wildman–Crippen MR) is 136 cm³/mol. The molecule has 204 valence electrons. The molecule has 4 rings (SSSR count). The second-order valence-corrected chi connectivity index (χ2v) is 8.93. The van der Waals surface area contributed by atoms with Gasteiger partial charge in [0.2, 0.25) is 0 Å². The van der Waals surface area contributed by atoms with Crippen molar-refractivity contribution in [1.29, 1.82) is 0 Å². The molecule has 0 fully saturated rings. The number of rotatable bonds is 8. The van der Waals surface area contributed by atoms with E-state index in [0.717, 1.165) is 23.9 Å². The van der Waals surface area contributed by atoms with Crippen molar-refractivity contribution in [2.75, 3.05) is 18.4 Å². The van der Waals surface area contributed by atoms with E-state index in [4.69, 9.17) is 0 Å². The van der Waals surface area contributed by atoms with Crippen LogP contribution in [0.25, 0.3) is 22.2 Å². The summed E-state index contributed by atoms with van der Waals surface area (Å²) in [5, 5.41) is 3.43. The van der Waals surface area contributed by atoms with Crippen molar-refractivity contribution in [2.45, 2.75) is 32.7 Å². The van der Waals surface area contributed by atoms with Crippen molar-refractivity contribution in [2.24, 2.45) is 0 Å². The molecule has 12 heteroatoms. The van der Waals surface area contributed by atoms with Gasteiger partial charge in [-0.15, -0.1) is 0 Å². The molecule has 0 spiro atoms. The number of likely N-dealkylation sites (N-methyl/N-ethyl adjacent to an activating group) is 1. The van der Waals surface area contributed by atoms with E-state index >= 15 is 0 Å². The van der Waals surface area contributed by atoms with Crippen LogP contribution < -0.4 is 5.32 Å². The van der Waals surface area contributed by atoms with E-state index in [1.807, 2.05) is 18.7 Å². The standard InChI is InChI=1S/C27H24F6N6/c1-4-39(14-16(2)3)15-23-37-21-12-17(24-20(26(28,29)30)6-5-11-34-24)7-9-19(21)25(38-23)36-18-8-10-22(35-13-18)27(31,32)33/h5-13H,2,4,14-15H2,1,3H3,(H,36,37,38). The Balaban J connectivity index is 1.81. The predicted octanol–water partition coefficient (Wildman–Crippen LogP) is 7.27. The maximum atomic E-state index is 13.6. The van der Waals surface area contributed by atoms with Gasteiger partial charge in [-0.25, -0.2) is 15.0 Å². The Hall–Kier alpha value is -4.06. The quantitative estimate of drug-likeness (QED) is 0.185. The highest BCUT2D eigenvalue weighted by atomic mass is 19.4. The summed E-state index contributed by atoms with van der Waals surface area (Å²) in [6.45, 7) is 9.30. The van der Waals surface area contributed by atoms with Gasteiger partial charge in [0.1, 0.15) is 17.3 Å². The average molecular weight is 547 g/mol. The molecule has 1 N–H and O–H groups in total. The van der Waals surface area contributed by atoms with Gasteiger partial charge < -0.3 is 5.32 Å². The smallest absolute Gasteiger partial charge is 0.338 e. The van der Waals surface area contributed by atoms with Gasteiger partial charge in [0, 0.05) is 23.7 Å². The lowest BCUT2D eigenvalue weighted by atomic mass is 10.0. The number of anilines is 2. The molecule has 4 aromatic rings. The fraction of sp³-hybridized carbons (Fsp3) is 0.259. The summed E-state index contributed by atoms with van der Waals surface area (Å²) in [5.74, 6) is 0.633. The van der Waals surface area contributed by atoms with E-state index in [1.165, 1.54) is 30.5 Å². The average Bonchev–Trinajstić information content (AvgIpc) is 2.87. The molecule has 0 atom stereocenters. The summed E-state index contributed by atoms with van der Waals surface area (Å²) >= 11 is 0. The molecule has 0 saturated heterocycles. The normalized spacial score (nSPS) is 12.2. The van der Waals surface area contributed by atoms with Gasteiger partial charge in [-0.1, -0.05) is 25.1 Å². The Bertz CT molecular complexity index is 1480. The van der Waals surface area contributed by atoms with Crippen molar-refractivity contribution < 1.29 is 26.3 Å². The molecule has 0 aliphatic rings. The van der Waals surface area contributed by atoms with E-state index in [1.54, 1.807) is 6.07 Å². The molecule has 0 aliphatic heterocycles. The topological polar surface area (TPSA) is 66.8 Å². The Labute approximate surface area is 220 Å². The zero-order chi connectivity index (χ0) is 28.4. The molecule has 39 heavy (non-hydrogen) atoms. The second-order valence-electron chi connectivity index (χ2n) is 8.93. The highest BCUT2D eigenvalue weighted by molar-refractivity contribution is 5.93. The highest BCUT2D eigenvalue weighted by Crippen LogP contribution is 2.37. The first-order valence-electron chi connectivity index (χ1n) is 11.9. The van der Waals surface area contributed by atoms with Gasteiger partial charge in [0.25, 0.3) is 0 Å². The first-order chi connectivity index (χ1) is 18.3. The minimum Gasteiger partial charge on any atom is -0.338 e. The fourth-order valence-corrected chi connectivity index (χ4v) is 3.99. The maximum absolute atomic E-state index is 13.6. The Morgan fingerprint density at radius 1 is 0.974 bits per heavy atom. The van der Waals surface area contributed by atoms with E-state index in [-0.39, 0.29) is 22.8 Å². The third-order valence-electron chi connectivity index (χ3n) is 5.75. The van der Waals surface area contributed by atoms with Crippen molar-refractivity contribution >= 4 is 22.4 Å². The Morgan fingerprint density at radius 3 is 2.36 bits per heavy atom. The van der Waals surface area contributed by atoms with Gasteiger partial charge in [-0.3, -0.25) is 9.88 Å². The molecule has 0 aliphatic carbocycles. The number of alkyl halides is 6. The largest absolute Gasteiger partial charge is 0.433 e. The Kier molecular flexibility index (Phi) is 7.86. The highest BCUT2D eigenvalue weighted by Gasteiger charge is 2.34. The lowest BCUT2D eigenvalue weighted by molar-refractivity contribution is -0.141. The van der Waals surface area contributed by atoms with Gasteiger partial charge in [0.15, 0.2) is 0 Å². The molecule has 6 nitrogen and oxygen atoms in total. The minimum absolute atomic E-state index is 0.205. The lowest BCUT2D eigenvalue weighted by Crippen LogP contribution is -2.25. The van der Waals surface area contributed by atoms with Gasteiger partial charge >= 0.3 is 12.4 Å². The number of nitrogens with zero attached hydrogens (tertiary/aromatic N) is 5. The van der Waals surface area contributed by atoms with Crippen molar-refractivity contribution in [1.82, 2.24) is 24.8 Å². The van der Waals surface area contributed by atoms with Crippen LogP contribution in [0.2, 0.25) is 0 Å². The van der Waals surface area contributed by atoms with Crippen molar-refractivity contribution in [3.8, 4) is 11.3 Å². The summed E-state index contributed by atoms with van der Waals surface area (Å²) < 4.78 is 79.8. The van der Waals surface area contributed by atoms with Crippen LogP contribution in [-0.4, -0.2) is 37.9 Å². The molecule has 0 amide bonds. The van der Waals surface area contributed by atoms with Gasteiger partial charge in [-0.2, -0.15) is 26.3 Å². The van der Waals surface area contributed by atoms with Crippen LogP contribution in [0.3, 0.4) is 0 Å². The number of aromatic nitrogens is 4. The number of pyridine rings is 2. The number of halogens is 6. The molecule has 0 saturated carbocycles. The molecular formula is C27H24F6N6. The molecule has 3 aromatic heterocycles. The molecule has 0 bridgehead atoms. The summed E-state index contributed by atoms with van der Waals surface area (Å²) in [7, 11) is 0. The van der Waals surface area contributed by atoms with Crippen LogP contribution >= 0.6 is 0 Å². The fourth-order valence-electron chi connectivity index (χ4n) is 3.99. The monoisotopic (exact) mass is 546 g/mol. The number of hydrogen-bond acceptors (Lipinski definition) is 6. The van der Waals surface area contributed by atoms with Crippen molar-refractivity contribution in [3.05, 3.63) is 84.1 Å². The first-order valence-corrected chi connectivity index (χ1v) is 11.9. The summed E-state index contributed by atoms with van der Waals surface area (Å²) in [6.07, 6.45) is -6.88. The zero-order valence-electron chi connectivity index (χ0n) is 21.0. The van der Waals surface area contributed by atoms with Crippen LogP contribution in [0.15, 0.2) is 67.0 Å². The first kappa shape index (κ1) is 28.0. The van der Waals surface area contributed by atoms with E-state index in [0.29, 0.717) is 36.4 Å². The number of benzene rings is 1. The molecule has 1 aromatic carbocycles. The number of nitrogens with one attached hydrogen (secondary N) is 1. The number of fused-ring (bicyclic) bond motifs is 1. The van der Waals surface area contributed by atoms with E-state index in [9.17, 15) is 26.3 Å². The SMILES string of the molecule is C=C(C)CN(CC)Cc1nc(Nc2ccc(C(F)(F)F)nc2)c2ccc(-c3ncccc3C(F)(F)F)cc2n1. The van der Waals surface area contributed by atoms with Crippen LogP contribution in [0.4, 0.5) is 37.8 Å². The molecule has 0 radical (unpaired) electrons. The lowest BCUT2D eigenvalue weighted by Gasteiger charge is -2.20. The number of hydrogen-bond donors (Lipinski definition) is 1. The molecule has 3 heterocycles. The van der Waals surface area contributed by atoms with E-state index < -0.39 is 23.6 Å². The van der Waals surface area contributed by atoms with E-state index in [2.05, 4.69) is 31.8 Å². The van der Waals surface area contributed by atoms with Crippen molar-refractivity contribution in [3.63, 3.8) is 0 Å². The van der Waals surface area contributed by atoms with Gasteiger partial charge in [-0.05, 0) is 49.9 Å². The summed E-state index contributed by atoms with van der Waals surface area (Å²) in [4.78, 5) is 18.6. The van der Waals surface area contributed by atoms with Crippen LogP contribution in [0.1, 0.15) is 30.9 Å². The third kappa shape index (κ3) is 6.69.